The molecule has 0 aliphatic heterocycles. The van der Waals surface area contributed by atoms with Gasteiger partial charge in [0.15, 0.2) is 0 Å². The van der Waals surface area contributed by atoms with Crippen LogP contribution in [-0.4, -0.2) is 35.5 Å². The molecule has 1 aromatic rings. The SMILES string of the molecule is CC(=N)N[C@@H](CCCCNOC(=O)c1ccccc1)C(=O)O. The molecular weight excluding hydrogens is 286 g/mol. The molecule has 1 atom stereocenters. The standard InChI is InChI=1S/C15H21N3O4/c1-11(16)18-13(14(19)20)9-5-6-10-17-22-15(21)12-7-3-2-4-8-12/h2-4,7-8,13,17H,5-6,9-10H2,1H3,(H2,16,18)(H,19,20)/t13-/m0/s1. The molecule has 22 heavy (non-hydrogen) atoms. The first-order valence-corrected chi connectivity index (χ1v) is 7.04. The average molecular weight is 307 g/mol. The molecule has 0 fully saturated rings. The van der Waals surface area contributed by atoms with Crippen molar-refractivity contribution in [2.45, 2.75) is 32.2 Å². The van der Waals surface area contributed by atoms with E-state index in [4.69, 9.17) is 15.4 Å². The molecule has 0 unspecified atom stereocenters. The van der Waals surface area contributed by atoms with Crippen molar-refractivity contribution in [2.75, 3.05) is 6.54 Å². The van der Waals surface area contributed by atoms with Gasteiger partial charge < -0.3 is 15.3 Å². The smallest absolute Gasteiger partial charge is 0.356 e. The van der Waals surface area contributed by atoms with Crippen LogP contribution < -0.4 is 10.8 Å². The number of aliphatic carboxylic acids is 1. The molecule has 0 bridgehead atoms. The van der Waals surface area contributed by atoms with Gasteiger partial charge in [-0.1, -0.05) is 18.2 Å². The number of amidine groups is 1. The van der Waals surface area contributed by atoms with Crippen molar-refractivity contribution < 1.29 is 19.5 Å². The Kier molecular flexibility index (Phi) is 7.63. The Morgan fingerprint density at radius 1 is 1.27 bits per heavy atom. The first-order chi connectivity index (χ1) is 10.5. The number of benzene rings is 1. The van der Waals surface area contributed by atoms with E-state index in [1.807, 2.05) is 6.07 Å². The van der Waals surface area contributed by atoms with Crippen LogP contribution in [0.1, 0.15) is 36.5 Å². The van der Waals surface area contributed by atoms with Crippen LogP contribution >= 0.6 is 0 Å². The number of carboxylic acids is 1. The molecular formula is C15H21N3O4. The lowest BCUT2D eigenvalue weighted by Gasteiger charge is -2.14. The fraction of sp³-hybridized carbons (Fsp3) is 0.400. The first-order valence-electron chi connectivity index (χ1n) is 7.04. The fourth-order valence-electron chi connectivity index (χ4n) is 1.81. The van der Waals surface area contributed by atoms with Crippen LogP contribution in [0.25, 0.3) is 0 Å². The molecule has 0 heterocycles. The molecule has 4 N–H and O–H groups in total. The molecule has 7 nitrogen and oxygen atoms in total. The van der Waals surface area contributed by atoms with Gasteiger partial charge in [-0.3, -0.25) is 5.41 Å². The second kappa shape index (κ2) is 9.51. The van der Waals surface area contributed by atoms with Gasteiger partial charge in [0.1, 0.15) is 6.04 Å². The molecule has 7 heteroatoms. The van der Waals surface area contributed by atoms with Crippen LogP contribution in [0.4, 0.5) is 0 Å². The molecule has 1 aromatic carbocycles. The summed E-state index contributed by atoms with van der Waals surface area (Å²) in [6, 6.07) is 7.87. The average Bonchev–Trinajstić information content (AvgIpc) is 2.49. The third-order valence-electron chi connectivity index (χ3n) is 2.88. The predicted octanol–water partition coefficient (Wildman–Crippen LogP) is 1.56. The summed E-state index contributed by atoms with van der Waals surface area (Å²) in [5.74, 6) is -1.30. The largest absolute Gasteiger partial charge is 0.480 e. The first kappa shape index (κ1) is 17.6. The lowest BCUT2D eigenvalue weighted by atomic mass is 10.1. The molecule has 0 aliphatic carbocycles. The fourth-order valence-corrected chi connectivity index (χ4v) is 1.81. The molecule has 0 radical (unpaired) electrons. The highest BCUT2D eigenvalue weighted by Gasteiger charge is 2.16. The van der Waals surface area contributed by atoms with Crippen molar-refractivity contribution >= 4 is 17.8 Å². The van der Waals surface area contributed by atoms with E-state index in [1.165, 1.54) is 6.92 Å². The maximum Gasteiger partial charge on any atom is 0.356 e. The van der Waals surface area contributed by atoms with E-state index in [0.29, 0.717) is 31.4 Å². The van der Waals surface area contributed by atoms with Crippen molar-refractivity contribution in [2.24, 2.45) is 0 Å². The summed E-state index contributed by atoms with van der Waals surface area (Å²) in [5, 5.41) is 18.8. The van der Waals surface area contributed by atoms with Crippen LogP contribution in [0.15, 0.2) is 30.3 Å². The monoisotopic (exact) mass is 307 g/mol. The summed E-state index contributed by atoms with van der Waals surface area (Å²) in [6.45, 7) is 1.94. The Hall–Kier alpha value is -2.41. The second-order valence-electron chi connectivity index (χ2n) is 4.81. The zero-order valence-corrected chi connectivity index (χ0v) is 12.5. The normalized spacial score (nSPS) is 11.5. The van der Waals surface area contributed by atoms with Crippen LogP contribution in [-0.2, 0) is 9.63 Å². The van der Waals surface area contributed by atoms with Gasteiger partial charge in [0.05, 0.1) is 11.4 Å². The maximum atomic E-state index is 11.6. The van der Waals surface area contributed by atoms with Gasteiger partial charge in [-0.2, -0.15) is 5.48 Å². The zero-order chi connectivity index (χ0) is 16.4. The third kappa shape index (κ3) is 6.85. The molecule has 120 valence electrons. The molecule has 0 amide bonds. The molecule has 0 spiro atoms. The van der Waals surface area contributed by atoms with Gasteiger partial charge in [-0.25, -0.2) is 9.59 Å². The number of carbonyl (C=O) groups excluding carboxylic acids is 1. The van der Waals surface area contributed by atoms with Gasteiger partial charge in [0.25, 0.3) is 0 Å². The Morgan fingerprint density at radius 2 is 1.95 bits per heavy atom. The topological polar surface area (TPSA) is 112 Å². The van der Waals surface area contributed by atoms with Gasteiger partial charge >= 0.3 is 11.9 Å². The number of nitrogens with one attached hydrogen (secondary N) is 3. The van der Waals surface area contributed by atoms with Crippen molar-refractivity contribution in [3.05, 3.63) is 35.9 Å². The number of carbonyl (C=O) groups is 2. The van der Waals surface area contributed by atoms with Gasteiger partial charge in [-0.15, -0.1) is 0 Å². The summed E-state index contributed by atoms with van der Waals surface area (Å²) in [6.07, 6.45) is 1.69. The minimum atomic E-state index is -0.977. The van der Waals surface area contributed by atoms with Gasteiger partial charge in [0.2, 0.25) is 0 Å². The van der Waals surface area contributed by atoms with E-state index in [2.05, 4.69) is 10.8 Å². The molecule has 1 rings (SSSR count). The van der Waals surface area contributed by atoms with E-state index in [-0.39, 0.29) is 5.84 Å². The Labute approximate surface area is 129 Å². The molecule has 0 saturated carbocycles. The number of hydrogen-bond donors (Lipinski definition) is 4. The lowest BCUT2D eigenvalue weighted by molar-refractivity contribution is -0.139. The molecule has 0 aliphatic rings. The maximum absolute atomic E-state index is 11.6. The number of hydroxylamine groups is 1. The van der Waals surface area contributed by atoms with Crippen molar-refractivity contribution in [3.8, 4) is 0 Å². The number of rotatable bonds is 9. The molecule has 0 aromatic heterocycles. The third-order valence-corrected chi connectivity index (χ3v) is 2.88. The van der Waals surface area contributed by atoms with E-state index >= 15 is 0 Å². The highest BCUT2D eigenvalue weighted by Crippen LogP contribution is 2.02. The summed E-state index contributed by atoms with van der Waals surface area (Å²) in [4.78, 5) is 27.4. The quantitative estimate of drug-likeness (QED) is 0.238. The highest BCUT2D eigenvalue weighted by atomic mass is 16.7. The van der Waals surface area contributed by atoms with Crippen LogP contribution in [0.3, 0.4) is 0 Å². The number of carboxylic acid groups (broad SMARTS) is 1. The van der Waals surface area contributed by atoms with E-state index in [1.54, 1.807) is 24.3 Å². The lowest BCUT2D eigenvalue weighted by Crippen LogP contribution is -2.39. The van der Waals surface area contributed by atoms with Crippen LogP contribution in [0.2, 0.25) is 0 Å². The van der Waals surface area contributed by atoms with Crippen LogP contribution in [0.5, 0.6) is 0 Å². The Bertz CT molecular complexity index is 505. The summed E-state index contributed by atoms with van der Waals surface area (Å²) in [7, 11) is 0. The van der Waals surface area contributed by atoms with Crippen molar-refractivity contribution in [1.82, 2.24) is 10.8 Å². The Balaban J connectivity index is 2.16. The van der Waals surface area contributed by atoms with Crippen LogP contribution in [0, 0.1) is 5.41 Å². The van der Waals surface area contributed by atoms with Crippen molar-refractivity contribution in [3.63, 3.8) is 0 Å². The van der Waals surface area contributed by atoms with Gasteiger partial charge in [-0.05, 0) is 38.3 Å². The minimum Gasteiger partial charge on any atom is -0.480 e. The highest BCUT2D eigenvalue weighted by molar-refractivity contribution is 5.89. The van der Waals surface area contributed by atoms with E-state index < -0.39 is 18.0 Å². The summed E-state index contributed by atoms with van der Waals surface area (Å²) >= 11 is 0. The minimum absolute atomic E-state index is 0.127. The zero-order valence-electron chi connectivity index (χ0n) is 12.5. The predicted molar refractivity (Wildman–Crippen MR) is 81.7 cm³/mol. The number of unbranched alkanes of at least 4 members (excludes halogenated alkanes) is 1. The van der Waals surface area contributed by atoms with E-state index in [0.717, 1.165) is 0 Å². The van der Waals surface area contributed by atoms with E-state index in [9.17, 15) is 9.59 Å². The van der Waals surface area contributed by atoms with Gasteiger partial charge in [0, 0.05) is 6.54 Å². The van der Waals surface area contributed by atoms with Crippen molar-refractivity contribution in [1.29, 1.82) is 5.41 Å². The summed E-state index contributed by atoms with van der Waals surface area (Å²) in [5.41, 5.74) is 3.03. The number of hydrogen-bond acceptors (Lipinski definition) is 5. The molecule has 0 saturated heterocycles. The Morgan fingerprint density at radius 3 is 2.55 bits per heavy atom. The summed E-state index contributed by atoms with van der Waals surface area (Å²) < 4.78 is 0. The second-order valence-corrected chi connectivity index (χ2v) is 4.81.